The Hall–Kier alpha value is -1.91. The topological polar surface area (TPSA) is 63.8 Å². The predicted molar refractivity (Wildman–Crippen MR) is 55.3 cm³/mol. The van der Waals surface area contributed by atoms with Gasteiger partial charge < -0.3 is 9.84 Å². The Kier molecular flexibility index (Phi) is 2.62. The Morgan fingerprint density at radius 1 is 1.33 bits per heavy atom. The molecule has 0 fully saturated rings. The summed E-state index contributed by atoms with van der Waals surface area (Å²) >= 11 is 0. The highest BCUT2D eigenvalue weighted by molar-refractivity contribution is 5.35. The highest BCUT2D eigenvalue weighted by Crippen LogP contribution is 2.07. The van der Waals surface area contributed by atoms with Gasteiger partial charge in [0.1, 0.15) is 11.6 Å². The van der Waals surface area contributed by atoms with Gasteiger partial charge in [-0.25, -0.2) is 9.97 Å². The Balaban J connectivity index is 2.05. The molecule has 15 heavy (non-hydrogen) atoms. The molecule has 1 N–H and O–H groups in total. The standard InChI is InChI=1S/C10H12N4O/c1-7-5-10(14-8(2)13-7)11-6-9-3-4-12-15-9/h3-5H,6H2,1-2H3,(H,11,13,14). The van der Waals surface area contributed by atoms with Gasteiger partial charge in [-0.1, -0.05) is 5.16 Å². The smallest absolute Gasteiger partial charge is 0.155 e. The van der Waals surface area contributed by atoms with Crippen LogP contribution in [0.25, 0.3) is 0 Å². The van der Waals surface area contributed by atoms with E-state index in [1.807, 2.05) is 26.0 Å². The van der Waals surface area contributed by atoms with E-state index in [-0.39, 0.29) is 0 Å². The highest BCUT2D eigenvalue weighted by Gasteiger charge is 2.00. The van der Waals surface area contributed by atoms with Crippen molar-refractivity contribution in [2.45, 2.75) is 20.4 Å². The van der Waals surface area contributed by atoms with E-state index in [4.69, 9.17) is 4.52 Å². The van der Waals surface area contributed by atoms with Gasteiger partial charge in [-0.3, -0.25) is 0 Å². The fraction of sp³-hybridized carbons (Fsp3) is 0.300. The van der Waals surface area contributed by atoms with Crippen LogP contribution in [-0.4, -0.2) is 15.1 Å². The molecule has 0 bridgehead atoms. The monoisotopic (exact) mass is 204 g/mol. The van der Waals surface area contributed by atoms with Crippen molar-refractivity contribution in [1.82, 2.24) is 15.1 Å². The average molecular weight is 204 g/mol. The number of rotatable bonds is 3. The first-order valence-corrected chi connectivity index (χ1v) is 4.70. The van der Waals surface area contributed by atoms with Crippen LogP contribution in [0.4, 0.5) is 5.82 Å². The van der Waals surface area contributed by atoms with Crippen LogP contribution in [0, 0.1) is 13.8 Å². The number of aromatic nitrogens is 3. The first-order chi connectivity index (χ1) is 7.24. The zero-order valence-electron chi connectivity index (χ0n) is 8.69. The number of anilines is 1. The number of hydrogen-bond donors (Lipinski definition) is 1. The summed E-state index contributed by atoms with van der Waals surface area (Å²) < 4.78 is 4.96. The predicted octanol–water partition coefficient (Wildman–Crippen LogP) is 1.69. The molecule has 0 saturated heterocycles. The molecular formula is C10H12N4O. The fourth-order valence-electron chi connectivity index (χ4n) is 1.32. The first-order valence-electron chi connectivity index (χ1n) is 4.70. The van der Waals surface area contributed by atoms with Gasteiger partial charge in [-0.05, 0) is 13.8 Å². The molecule has 2 aromatic rings. The molecule has 0 radical (unpaired) electrons. The molecule has 0 atom stereocenters. The molecule has 5 heteroatoms. The summed E-state index contributed by atoms with van der Waals surface area (Å²) in [5.41, 5.74) is 0.947. The summed E-state index contributed by atoms with van der Waals surface area (Å²) in [6.07, 6.45) is 1.62. The minimum Gasteiger partial charge on any atom is -0.363 e. The van der Waals surface area contributed by atoms with Crippen LogP contribution in [-0.2, 0) is 6.54 Å². The maximum Gasteiger partial charge on any atom is 0.155 e. The van der Waals surface area contributed by atoms with E-state index in [0.717, 1.165) is 23.1 Å². The van der Waals surface area contributed by atoms with Crippen LogP contribution in [0.1, 0.15) is 17.3 Å². The first kappa shape index (κ1) is 9.64. The van der Waals surface area contributed by atoms with Crippen LogP contribution in [0.5, 0.6) is 0 Å². The molecule has 0 aliphatic carbocycles. The minimum atomic E-state index is 0.579. The third kappa shape index (κ3) is 2.52. The van der Waals surface area contributed by atoms with Crippen molar-refractivity contribution in [2.24, 2.45) is 0 Å². The zero-order chi connectivity index (χ0) is 10.7. The van der Waals surface area contributed by atoms with Crippen LogP contribution in [0.15, 0.2) is 22.9 Å². The van der Waals surface area contributed by atoms with Gasteiger partial charge in [0.2, 0.25) is 0 Å². The van der Waals surface area contributed by atoms with Gasteiger partial charge in [0.25, 0.3) is 0 Å². The van der Waals surface area contributed by atoms with Crippen molar-refractivity contribution in [2.75, 3.05) is 5.32 Å². The molecule has 0 aromatic carbocycles. The summed E-state index contributed by atoms with van der Waals surface area (Å²) in [5, 5.41) is 6.77. The van der Waals surface area contributed by atoms with Gasteiger partial charge in [-0.2, -0.15) is 0 Å². The van der Waals surface area contributed by atoms with Crippen LogP contribution in [0.3, 0.4) is 0 Å². The van der Waals surface area contributed by atoms with E-state index in [1.54, 1.807) is 6.20 Å². The average Bonchev–Trinajstić information content (AvgIpc) is 2.65. The van der Waals surface area contributed by atoms with E-state index in [1.165, 1.54) is 0 Å². The van der Waals surface area contributed by atoms with Gasteiger partial charge in [-0.15, -0.1) is 0 Å². The lowest BCUT2D eigenvalue weighted by Crippen LogP contribution is -2.03. The van der Waals surface area contributed by atoms with Crippen LogP contribution >= 0.6 is 0 Å². The summed E-state index contributed by atoms with van der Waals surface area (Å²) in [7, 11) is 0. The molecule has 0 amide bonds. The normalized spacial score (nSPS) is 10.3. The molecule has 2 aromatic heterocycles. The third-order valence-electron chi connectivity index (χ3n) is 1.90. The minimum absolute atomic E-state index is 0.579. The van der Waals surface area contributed by atoms with Crippen LogP contribution in [0.2, 0.25) is 0 Å². The Morgan fingerprint density at radius 2 is 2.20 bits per heavy atom. The van der Waals surface area contributed by atoms with Crippen molar-refractivity contribution in [3.05, 3.63) is 35.6 Å². The summed E-state index contributed by atoms with van der Waals surface area (Å²) in [4.78, 5) is 8.44. The van der Waals surface area contributed by atoms with E-state index in [9.17, 15) is 0 Å². The van der Waals surface area contributed by atoms with E-state index in [0.29, 0.717) is 6.54 Å². The molecular weight excluding hydrogens is 192 g/mol. The zero-order valence-corrected chi connectivity index (χ0v) is 8.69. The Morgan fingerprint density at radius 3 is 2.87 bits per heavy atom. The number of hydrogen-bond acceptors (Lipinski definition) is 5. The molecule has 0 unspecified atom stereocenters. The van der Waals surface area contributed by atoms with Crippen LogP contribution < -0.4 is 5.32 Å². The molecule has 2 rings (SSSR count). The van der Waals surface area contributed by atoms with Gasteiger partial charge in [0, 0.05) is 17.8 Å². The second kappa shape index (κ2) is 4.08. The van der Waals surface area contributed by atoms with Crippen molar-refractivity contribution in [1.29, 1.82) is 0 Å². The second-order valence-corrected chi connectivity index (χ2v) is 3.27. The highest BCUT2D eigenvalue weighted by atomic mass is 16.5. The van der Waals surface area contributed by atoms with Gasteiger partial charge >= 0.3 is 0 Å². The lowest BCUT2D eigenvalue weighted by Gasteiger charge is -2.04. The molecule has 0 spiro atoms. The number of nitrogens with one attached hydrogen (secondary N) is 1. The molecule has 0 saturated carbocycles. The molecule has 0 aliphatic heterocycles. The fourth-order valence-corrected chi connectivity index (χ4v) is 1.32. The molecule has 0 aliphatic rings. The van der Waals surface area contributed by atoms with Gasteiger partial charge in [0.15, 0.2) is 5.76 Å². The summed E-state index contributed by atoms with van der Waals surface area (Å²) in [6, 6.07) is 3.71. The maximum atomic E-state index is 4.96. The Bertz CT molecular complexity index is 418. The van der Waals surface area contributed by atoms with E-state index in [2.05, 4.69) is 20.4 Å². The quantitative estimate of drug-likeness (QED) is 0.824. The van der Waals surface area contributed by atoms with Crippen molar-refractivity contribution in [3.8, 4) is 0 Å². The van der Waals surface area contributed by atoms with Crippen molar-refractivity contribution < 1.29 is 4.52 Å². The second-order valence-electron chi connectivity index (χ2n) is 3.27. The van der Waals surface area contributed by atoms with E-state index >= 15 is 0 Å². The summed E-state index contributed by atoms with van der Waals surface area (Å²) in [5.74, 6) is 2.34. The Labute approximate surface area is 87.5 Å². The maximum absolute atomic E-state index is 4.96. The summed E-state index contributed by atoms with van der Waals surface area (Å²) in [6.45, 7) is 4.39. The van der Waals surface area contributed by atoms with E-state index < -0.39 is 0 Å². The van der Waals surface area contributed by atoms with Gasteiger partial charge in [0.05, 0.1) is 12.7 Å². The number of nitrogens with zero attached hydrogens (tertiary/aromatic N) is 3. The SMILES string of the molecule is Cc1cc(NCc2ccno2)nc(C)n1. The molecule has 5 nitrogen and oxygen atoms in total. The largest absolute Gasteiger partial charge is 0.363 e. The lowest BCUT2D eigenvalue weighted by molar-refractivity contribution is 0.388. The third-order valence-corrected chi connectivity index (χ3v) is 1.90. The van der Waals surface area contributed by atoms with Crippen molar-refractivity contribution in [3.63, 3.8) is 0 Å². The molecule has 2 heterocycles. The van der Waals surface area contributed by atoms with Crippen molar-refractivity contribution >= 4 is 5.82 Å². The lowest BCUT2D eigenvalue weighted by atomic mass is 10.4. The number of aryl methyl sites for hydroxylation is 2. The molecule has 78 valence electrons.